The molecule has 0 aliphatic heterocycles. The summed E-state index contributed by atoms with van der Waals surface area (Å²) in [7, 11) is -1.91. The average molecular weight is 367 g/mol. The maximum Gasteiger partial charge on any atom is 0.252 e. The second-order valence-electron chi connectivity index (χ2n) is 5.35. The molecule has 1 N–H and O–H groups in total. The molecular formula is C16H21N3O3S2. The van der Waals surface area contributed by atoms with Crippen LogP contribution in [0.2, 0.25) is 0 Å². The Kier molecular flexibility index (Phi) is 6.47. The zero-order valence-corrected chi connectivity index (χ0v) is 15.4. The van der Waals surface area contributed by atoms with Gasteiger partial charge in [-0.25, -0.2) is 8.42 Å². The van der Waals surface area contributed by atoms with Crippen molar-refractivity contribution in [3.8, 4) is 0 Å². The number of sulfonamides is 1. The predicted octanol–water partition coefficient (Wildman–Crippen LogP) is 1.68. The monoisotopic (exact) mass is 367 g/mol. The molecule has 24 heavy (non-hydrogen) atoms. The van der Waals surface area contributed by atoms with Gasteiger partial charge in [-0.3, -0.25) is 9.78 Å². The molecule has 0 saturated carbocycles. The molecule has 6 nitrogen and oxygen atoms in total. The van der Waals surface area contributed by atoms with Crippen LogP contribution in [0.15, 0.2) is 40.7 Å². The van der Waals surface area contributed by atoms with Crippen LogP contribution >= 0.6 is 11.3 Å². The molecule has 2 rings (SSSR count). The van der Waals surface area contributed by atoms with Gasteiger partial charge in [0.15, 0.2) is 0 Å². The number of nitrogens with zero attached hydrogens (tertiary/aromatic N) is 2. The quantitative estimate of drug-likeness (QED) is 0.770. The van der Waals surface area contributed by atoms with Crippen molar-refractivity contribution in [1.82, 2.24) is 14.6 Å². The van der Waals surface area contributed by atoms with Gasteiger partial charge in [-0.05, 0) is 30.7 Å². The number of amides is 1. The molecule has 8 heteroatoms. The molecule has 0 radical (unpaired) electrons. The van der Waals surface area contributed by atoms with E-state index < -0.39 is 10.0 Å². The minimum Gasteiger partial charge on any atom is -0.356 e. The van der Waals surface area contributed by atoms with E-state index in [1.54, 1.807) is 25.4 Å². The highest BCUT2D eigenvalue weighted by molar-refractivity contribution is 7.91. The van der Waals surface area contributed by atoms with E-state index in [1.807, 2.05) is 18.2 Å². The number of carbonyl (C=O) groups excluding carboxylic acids is 1. The van der Waals surface area contributed by atoms with Crippen LogP contribution < -0.4 is 5.32 Å². The summed E-state index contributed by atoms with van der Waals surface area (Å²) in [6.07, 6.45) is 2.89. The lowest BCUT2D eigenvalue weighted by Crippen LogP contribution is -2.28. The normalized spacial score (nSPS) is 11.6. The molecule has 0 aliphatic rings. The van der Waals surface area contributed by atoms with Crippen LogP contribution in [0, 0.1) is 0 Å². The molecule has 130 valence electrons. The van der Waals surface area contributed by atoms with Crippen LogP contribution in [0.3, 0.4) is 0 Å². The molecule has 0 unspecified atom stereocenters. The second kappa shape index (κ2) is 8.36. The Morgan fingerprint density at radius 3 is 2.71 bits per heavy atom. The Morgan fingerprint density at radius 1 is 1.25 bits per heavy atom. The van der Waals surface area contributed by atoms with Crippen LogP contribution in [-0.4, -0.2) is 43.8 Å². The molecule has 0 atom stereocenters. The van der Waals surface area contributed by atoms with E-state index in [4.69, 9.17) is 0 Å². The maximum atomic E-state index is 12.6. The van der Waals surface area contributed by atoms with Gasteiger partial charge in [0.25, 0.3) is 10.0 Å². The van der Waals surface area contributed by atoms with Gasteiger partial charge in [0, 0.05) is 50.2 Å². The van der Waals surface area contributed by atoms with Crippen LogP contribution in [0.25, 0.3) is 0 Å². The molecule has 1 amide bonds. The van der Waals surface area contributed by atoms with Crippen molar-refractivity contribution in [3.05, 3.63) is 47.1 Å². The van der Waals surface area contributed by atoms with Crippen LogP contribution in [0.4, 0.5) is 0 Å². The maximum absolute atomic E-state index is 12.6. The van der Waals surface area contributed by atoms with E-state index in [9.17, 15) is 13.2 Å². The Hall–Kier alpha value is -1.77. The minimum atomic E-state index is -3.49. The van der Waals surface area contributed by atoms with Gasteiger partial charge in [-0.2, -0.15) is 4.31 Å². The molecule has 0 aliphatic carbocycles. The van der Waals surface area contributed by atoms with Crippen molar-refractivity contribution in [2.75, 3.05) is 20.1 Å². The zero-order valence-electron chi connectivity index (χ0n) is 13.7. The highest BCUT2D eigenvalue weighted by Crippen LogP contribution is 2.24. The number of nitrogens with one attached hydrogen (secondary N) is 1. The van der Waals surface area contributed by atoms with Crippen molar-refractivity contribution in [2.24, 2.45) is 0 Å². The number of aromatic nitrogens is 1. The summed E-state index contributed by atoms with van der Waals surface area (Å²) in [5, 5.41) is 2.70. The Morgan fingerprint density at radius 2 is 2.04 bits per heavy atom. The van der Waals surface area contributed by atoms with Crippen molar-refractivity contribution in [1.29, 1.82) is 0 Å². The number of carbonyl (C=O) groups is 1. The summed E-state index contributed by atoms with van der Waals surface area (Å²) in [6.45, 7) is 2.34. The van der Waals surface area contributed by atoms with Gasteiger partial charge in [-0.1, -0.05) is 6.07 Å². The average Bonchev–Trinajstić information content (AvgIpc) is 3.03. The summed E-state index contributed by atoms with van der Waals surface area (Å²) in [6, 6.07) is 9.02. The predicted molar refractivity (Wildman–Crippen MR) is 94.5 cm³/mol. The first kappa shape index (κ1) is 18.6. The molecule has 0 saturated heterocycles. The number of hydrogen-bond donors (Lipinski definition) is 1. The Bertz CT molecular complexity index is 773. The third kappa shape index (κ3) is 5.12. The van der Waals surface area contributed by atoms with E-state index >= 15 is 0 Å². The fourth-order valence-corrected chi connectivity index (χ4v) is 4.82. The molecule has 0 fully saturated rings. The minimum absolute atomic E-state index is 0.0892. The molecule has 2 aromatic heterocycles. The van der Waals surface area contributed by atoms with Crippen molar-refractivity contribution in [3.63, 3.8) is 0 Å². The first-order valence-corrected chi connectivity index (χ1v) is 9.84. The number of pyridine rings is 1. The highest BCUT2D eigenvalue weighted by atomic mass is 32.2. The highest BCUT2D eigenvalue weighted by Gasteiger charge is 2.22. The summed E-state index contributed by atoms with van der Waals surface area (Å²) >= 11 is 1.24. The number of rotatable bonds is 8. The molecule has 2 heterocycles. The number of likely N-dealkylation sites (N-methyl/N-ethyl adjacent to an activating group) is 1. The van der Waals surface area contributed by atoms with E-state index in [0.717, 1.165) is 10.6 Å². The molecule has 2 aromatic rings. The first-order chi connectivity index (χ1) is 11.4. The Labute approximate surface area is 146 Å². The van der Waals surface area contributed by atoms with Crippen LogP contribution in [0.5, 0.6) is 0 Å². The topological polar surface area (TPSA) is 79.4 Å². The molecular weight excluding hydrogens is 346 g/mol. The molecule has 0 spiro atoms. The van der Waals surface area contributed by atoms with Crippen LogP contribution in [0.1, 0.15) is 17.5 Å². The summed E-state index contributed by atoms with van der Waals surface area (Å²) in [5.74, 6) is -0.0892. The van der Waals surface area contributed by atoms with Gasteiger partial charge in [0.2, 0.25) is 5.91 Å². The summed E-state index contributed by atoms with van der Waals surface area (Å²) in [4.78, 5) is 16.0. The van der Waals surface area contributed by atoms with Gasteiger partial charge in [0.1, 0.15) is 4.21 Å². The second-order valence-corrected chi connectivity index (χ2v) is 8.79. The number of hydrogen-bond acceptors (Lipinski definition) is 5. The van der Waals surface area contributed by atoms with E-state index in [1.165, 1.54) is 22.6 Å². The van der Waals surface area contributed by atoms with E-state index in [2.05, 4.69) is 10.3 Å². The fraction of sp³-hybridized carbons (Fsp3) is 0.375. The lowest BCUT2D eigenvalue weighted by atomic mass is 10.3. The smallest absolute Gasteiger partial charge is 0.252 e. The van der Waals surface area contributed by atoms with E-state index in [0.29, 0.717) is 30.1 Å². The molecule has 0 bridgehead atoms. The lowest BCUT2D eigenvalue weighted by Gasteiger charge is -2.15. The third-order valence-electron chi connectivity index (χ3n) is 3.46. The third-order valence-corrected chi connectivity index (χ3v) is 6.93. The van der Waals surface area contributed by atoms with Crippen molar-refractivity contribution < 1.29 is 13.2 Å². The zero-order chi connectivity index (χ0) is 17.6. The summed E-state index contributed by atoms with van der Waals surface area (Å²) in [5.41, 5.74) is 0.863. The largest absolute Gasteiger partial charge is 0.356 e. The van der Waals surface area contributed by atoms with E-state index in [-0.39, 0.29) is 5.91 Å². The lowest BCUT2D eigenvalue weighted by molar-refractivity contribution is -0.118. The van der Waals surface area contributed by atoms with Gasteiger partial charge in [0.05, 0.1) is 0 Å². The van der Waals surface area contributed by atoms with Gasteiger partial charge >= 0.3 is 0 Å². The SMILES string of the molecule is CC(=O)NCCc1ccc(S(=O)(=O)N(C)CCc2ccccn2)s1. The fourth-order valence-electron chi connectivity index (χ4n) is 2.08. The van der Waals surface area contributed by atoms with Gasteiger partial charge < -0.3 is 5.32 Å². The molecule has 0 aromatic carbocycles. The standard InChI is InChI=1S/C16H21N3O3S2/c1-13(20)17-11-8-15-6-7-16(23-15)24(21,22)19(2)12-9-14-5-3-4-10-18-14/h3-7,10H,8-9,11-12H2,1-2H3,(H,17,20). The van der Waals surface area contributed by atoms with Gasteiger partial charge in [-0.15, -0.1) is 11.3 Å². The van der Waals surface area contributed by atoms with Crippen LogP contribution in [-0.2, 0) is 27.7 Å². The first-order valence-electron chi connectivity index (χ1n) is 7.59. The summed E-state index contributed by atoms with van der Waals surface area (Å²) < 4.78 is 26.9. The number of thiophene rings is 1. The van der Waals surface area contributed by atoms with Crippen molar-refractivity contribution in [2.45, 2.75) is 24.0 Å². The Balaban J connectivity index is 1.96. The van der Waals surface area contributed by atoms with Crippen molar-refractivity contribution >= 4 is 27.3 Å².